The zero-order chi connectivity index (χ0) is 19.3. The third-order valence-electron chi connectivity index (χ3n) is 4.96. The Labute approximate surface area is 168 Å². The summed E-state index contributed by atoms with van der Waals surface area (Å²) in [4.78, 5) is 13.8. The lowest BCUT2D eigenvalue weighted by molar-refractivity contribution is -0.115. The van der Waals surface area contributed by atoms with E-state index >= 15 is 0 Å². The molecule has 6 heteroatoms. The highest BCUT2D eigenvalue weighted by Gasteiger charge is 2.22. The van der Waals surface area contributed by atoms with Crippen molar-refractivity contribution in [1.82, 2.24) is 5.32 Å². The third kappa shape index (κ3) is 3.86. The van der Waals surface area contributed by atoms with Gasteiger partial charge in [-0.25, -0.2) is 0 Å². The van der Waals surface area contributed by atoms with E-state index in [-0.39, 0.29) is 18.5 Å². The number of nitriles is 1. The van der Waals surface area contributed by atoms with Crippen LogP contribution in [0.25, 0.3) is 0 Å². The van der Waals surface area contributed by atoms with Crippen LogP contribution in [0, 0.1) is 11.3 Å². The lowest BCUT2D eigenvalue weighted by atomic mass is 9.96. The van der Waals surface area contributed by atoms with Crippen LogP contribution in [-0.2, 0) is 17.6 Å². The summed E-state index contributed by atoms with van der Waals surface area (Å²) in [5.41, 5.74) is 2.79. The lowest BCUT2D eigenvalue weighted by Crippen LogP contribution is -2.31. The molecule has 1 atom stereocenters. The molecule has 0 fully saturated rings. The summed E-state index contributed by atoms with van der Waals surface area (Å²) in [5.74, 6) is 0.589. The van der Waals surface area contributed by atoms with Crippen LogP contribution in [0.15, 0.2) is 53.1 Å². The van der Waals surface area contributed by atoms with Gasteiger partial charge in [0, 0.05) is 4.88 Å². The van der Waals surface area contributed by atoms with Crippen LogP contribution in [0.3, 0.4) is 0 Å². The van der Waals surface area contributed by atoms with E-state index in [0.717, 1.165) is 42.6 Å². The number of hydrogen-bond donors (Lipinski definition) is 2. The molecule has 0 unspecified atom stereocenters. The van der Waals surface area contributed by atoms with Crippen molar-refractivity contribution in [2.45, 2.75) is 31.7 Å². The molecule has 1 amide bonds. The molecule has 3 aromatic rings. The zero-order valence-corrected chi connectivity index (χ0v) is 16.2. The zero-order valence-electron chi connectivity index (χ0n) is 15.4. The first kappa shape index (κ1) is 18.5. The van der Waals surface area contributed by atoms with Crippen molar-refractivity contribution in [2.24, 2.45) is 0 Å². The Morgan fingerprint density at radius 1 is 1.18 bits per heavy atom. The van der Waals surface area contributed by atoms with E-state index in [0.29, 0.717) is 10.6 Å². The van der Waals surface area contributed by atoms with Crippen molar-refractivity contribution >= 4 is 22.2 Å². The molecule has 2 heterocycles. The summed E-state index contributed by atoms with van der Waals surface area (Å²) in [5, 5.41) is 16.4. The Morgan fingerprint density at radius 2 is 2.00 bits per heavy atom. The summed E-state index contributed by atoms with van der Waals surface area (Å²) in [6.07, 6.45) is 5.81. The van der Waals surface area contributed by atoms with Crippen LogP contribution < -0.4 is 10.6 Å². The minimum Gasteiger partial charge on any atom is -0.467 e. The Morgan fingerprint density at radius 3 is 2.75 bits per heavy atom. The average molecular weight is 391 g/mol. The molecule has 1 aliphatic rings. The second kappa shape index (κ2) is 8.42. The third-order valence-corrected chi connectivity index (χ3v) is 6.17. The summed E-state index contributed by atoms with van der Waals surface area (Å²) < 4.78 is 5.56. The first-order valence-electron chi connectivity index (χ1n) is 9.42. The molecule has 0 saturated carbocycles. The summed E-state index contributed by atoms with van der Waals surface area (Å²) >= 11 is 1.54. The van der Waals surface area contributed by atoms with Crippen LogP contribution in [0.5, 0.6) is 0 Å². The minimum absolute atomic E-state index is 0.119. The van der Waals surface area contributed by atoms with Gasteiger partial charge in [0.25, 0.3) is 0 Å². The molecular formula is C22H21N3O2S. The number of furan rings is 1. The molecule has 0 bridgehead atoms. The predicted molar refractivity (Wildman–Crippen MR) is 109 cm³/mol. The quantitative estimate of drug-likeness (QED) is 0.652. The van der Waals surface area contributed by atoms with E-state index in [1.807, 2.05) is 42.5 Å². The van der Waals surface area contributed by atoms with Gasteiger partial charge in [0.15, 0.2) is 0 Å². The number of anilines is 1. The normalized spacial score (nSPS) is 14.1. The van der Waals surface area contributed by atoms with Crippen molar-refractivity contribution in [3.8, 4) is 6.07 Å². The van der Waals surface area contributed by atoms with Gasteiger partial charge in [-0.05, 0) is 48.9 Å². The van der Waals surface area contributed by atoms with Gasteiger partial charge < -0.3 is 9.73 Å². The number of nitrogens with one attached hydrogen (secondary N) is 2. The molecule has 0 radical (unpaired) electrons. The van der Waals surface area contributed by atoms with E-state index in [2.05, 4.69) is 16.7 Å². The molecule has 2 aromatic heterocycles. The van der Waals surface area contributed by atoms with Gasteiger partial charge in [0.05, 0.1) is 24.4 Å². The highest BCUT2D eigenvalue weighted by molar-refractivity contribution is 7.16. The summed E-state index contributed by atoms with van der Waals surface area (Å²) in [7, 11) is 0. The first-order chi connectivity index (χ1) is 13.8. The standard InChI is InChI=1S/C22H21N3O2S/c23-13-17-16-9-4-5-11-19(16)28-22(17)25-20(26)14-24-21(18-10-6-12-27-18)15-7-2-1-3-8-15/h1-3,6-8,10,12,21,24H,4-5,9,11,14H2,(H,25,26)/t21-/m0/s1. The van der Waals surface area contributed by atoms with Crippen LogP contribution in [0.1, 0.15) is 46.2 Å². The summed E-state index contributed by atoms with van der Waals surface area (Å²) in [6.45, 7) is 0.119. The first-order valence-corrected chi connectivity index (χ1v) is 10.2. The maximum absolute atomic E-state index is 12.6. The number of hydrogen-bond acceptors (Lipinski definition) is 5. The number of amides is 1. The van der Waals surface area contributed by atoms with Gasteiger partial charge in [-0.1, -0.05) is 30.3 Å². The molecule has 2 N–H and O–H groups in total. The molecule has 142 valence electrons. The predicted octanol–water partition coefficient (Wildman–Crippen LogP) is 4.41. The van der Waals surface area contributed by atoms with Crippen LogP contribution in [-0.4, -0.2) is 12.5 Å². The van der Waals surface area contributed by atoms with Crippen molar-refractivity contribution in [3.05, 3.63) is 76.1 Å². The van der Waals surface area contributed by atoms with Gasteiger partial charge >= 0.3 is 0 Å². The van der Waals surface area contributed by atoms with E-state index in [9.17, 15) is 10.1 Å². The second-order valence-electron chi connectivity index (χ2n) is 6.82. The fourth-order valence-electron chi connectivity index (χ4n) is 3.62. The molecule has 1 aromatic carbocycles. The number of carbonyl (C=O) groups is 1. The van der Waals surface area contributed by atoms with E-state index in [1.165, 1.54) is 4.88 Å². The number of rotatable bonds is 6. The fourth-order valence-corrected chi connectivity index (χ4v) is 4.88. The average Bonchev–Trinajstić information content (AvgIpc) is 3.36. The highest BCUT2D eigenvalue weighted by atomic mass is 32.1. The smallest absolute Gasteiger partial charge is 0.238 e. The maximum Gasteiger partial charge on any atom is 0.238 e. The molecule has 5 nitrogen and oxygen atoms in total. The molecule has 28 heavy (non-hydrogen) atoms. The Balaban J connectivity index is 1.46. The topological polar surface area (TPSA) is 78.1 Å². The van der Waals surface area contributed by atoms with Crippen molar-refractivity contribution in [2.75, 3.05) is 11.9 Å². The van der Waals surface area contributed by atoms with Gasteiger partial charge in [0.1, 0.15) is 16.8 Å². The molecule has 1 aliphatic carbocycles. The van der Waals surface area contributed by atoms with Gasteiger partial charge in [-0.3, -0.25) is 10.1 Å². The Bertz CT molecular complexity index is 987. The van der Waals surface area contributed by atoms with E-state index < -0.39 is 0 Å². The van der Waals surface area contributed by atoms with E-state index in [1.54, 1.807) is 17.6 Å². The van der Waals surface area contributed by atoms with Gasteiger partial charge in [0.2, 0.25) is 5.91 Å². The van der Waals surface area contributed by atoms with Gasteiger partial charge in [-0.2, -0.15) is 5.26 Å². The molecular weight excluding hydrogens is 370 g/mol. The van der Waals surface area contributed by atoms with Gasteiger partial charge in [-0.15, -0.1) is 11.3 Å². The number of benzene rings is 1. The minimum atomic E-state index is -0.214. The number of aryl methyl sites for hydroxylation is 1. The number of carbonyl (C=O) groups excluding carboxylic acids is 1. The largest absolute Gasteiger partial charge is 0.467 e. The SMILES string of the molecule is N#Cc1c(NC(=O)CN[C@@H](c2ccccc2)c2ccco2)sc2c1CCCC2. The Hall–Kier alpha value is -2.88. The van der Waals surface area contributed by atoms with Crippen LogP contribution in [0.4, 0.5) is 5.00 Å². The number of fused-ring (bicyclic) bond motifs is 1. The Kier molecular flexibility index (Phi) is 5.56. The van der Waals surface area contributed by atoms with Crippen LogP contribution >= 0.6 is 11.3 Å². The highest BCUT2D eigenvalue weighted by Crippen LogP contribution is 2.37. The molecule has 0 spiro atoms. The number of nitrogens with zero attached hydrogens (tertiary/aromatic N) is 1. The van der Waals surface area contributed by atoms with Crippen molar-refractivity contribution < 1.29 is 9.21 Å². The van der Waals surface area contributed by atoms with Crippen molar-refractivity contribution in [3.63, 3.8) is 0 Å². The fraction of sp³-hybridized carbons (Fsp3) is 0.273. The second-order valence-corrected chi connectivity index (χ2v) is 7.92. The van der Waals surface area contributed by atoms with E-state index in [4.69, 9.17) is 4.42 Å². The lowest BCUT2D eigenvalue weighted by Gasteiger charge is -2.17. The molecule has 0 aliphatic heterocycles. The monoisotopic (exact) mass is 391 g/mol. The summed E-state index contributed by atoms with van der Waals surface area (Å²) in [6, 6.07) is 15.7. The molecule has 0 saturated heterocycles. The van der Waals surface area contributed by atoms with Crippen LogP contribution in [0.2, 0.25) is 0 Å². The maximum atomic E-state index is 12.6. The van der Waals surface area contributed by atoms with Crippen molar-refractivity contribution in [1.29, 1.82) is 5.26 Å². The molecule has 4 rings (SSSR count). The number of thiophene rings is 1.